The Morgan fingerprint density at radius 3 is 2.64 bits per heavy atom. The first kappa shape index (κ1) is 18.2. The smallest absolute Gasteiger partial charge is 0.307 e. The van der Waals surface area contributed by atoms with Crippen molar-refractivity contribution in [2.24, 2.45) is 5.92 Å². The molecule has 0 amide bonds. The lowest BCUT2D eigenvalue weighted by atomic mass is 9.89. The molecule has 3 rings (SSSR count). The number of carboxylic acids is 1. The number of benzene rings is 2. The van der Waals surface area contributed by atoms with E-state index in [9.17, 15) is 9.90 Å². The van der Waals surface area contributed by atoms with Crippen molar-refractivity contribution in [1.82, 2.24) is 4.90 Å². The van der Waals surface area contributed by atoms with Crippen molar-refractivity contribution in [2.75, 3.05) is 13.1 Å². The van der Waals surface area contributed by atoms with E-state index in [1.165, 1.54) is 0 Å². The third kappa shape index (κ3) is 4.00. The van der Waals surface area contributed by atoms with Crippen LogP contribution >= 0.6 is 23.2 Å². The molecule has 25 heavy (non-hydrogen) atoms. The molecule has 5 heteroatoms. The highest BCUT2D eigenvalue weighted by Crippen LogP contribution is 2.38. The predicted molar refractivity (Wildman–Crippen MR) is 101 cm³/mol. The molecule has 0 aromatic heterocycles. The van der Waals surface area contributed by atoms with E-state index >= 15 is 0 Å². The highest BCUT2D eigenvalue weighted by Gasteiger charge is 2.32. The van der Waals surface area contributed by atoms with Crippen molar-refractivity contribution in [2.45, 2.75) is 25.8 Å². The highest BCUT2D eigenvalue weighted by atomic mass is 35.5. The minimum absolute atomic E-state index is 0.0758. The van der Waals surface area contributed by atoms with E-state index in [2.05, 4.69) is 24.0 Å². The first-order valence-corrected chi connectivity index (χ1v) is 9.20. The average molecular weight is 378 g/mol. The SMILES string of the molecule is Cc1ccccc1C(c1ccc(Cl)cc1Cl)N1CCCC(C(=O)O)C1. The van der Waals surface area contributed by atoms with Crippen LogP contribution in [-0.4, -0.2) is 29.1 Å². The first-order chi connectivity index (χ1) is 12.0. The Morgan fingerprint density at radius 2 is 1.96 bits per heavy atom. The number of carbonyl (C=O) groups is 1. The van der Waals surface area contributed by atoms with Gasteiger partial charge in [-0.25, -0.2) is 0 Å². The number of hydrogen-bond acceptors (Lipinski definition) is 2. The fourth-order valence-corrected chi connectivity index (χ4v) is 4.13. The maximum Gasteiger partial charge on any atom is 0.307 e. The summed E-state index contributed by atoms with van der Waals surface area (Å²) in [4.78, 5) is 13.7. The second-order valence-electron chi connectivity index (χ2n) is 6.60. The van der Waals surface area contributed by atoms with Crippen molar-refractivity contribution in [1.29, 1.82) is 0 Å². The Balaban J connectivity index is 2.06. The summed E-state index contributed by atoms with van der Waals surface area (Å²) in [7, 11) is 0. The van der Waals surface area contributed by atoms with E-state index in [0.717, 1.165) is 36.1 Å². The van der Waals surface area contributed by atoms with E-state index in [1.54, 1.807) is 6.07 Å². The van der Waals surface area contributed by atoms with Gasteiger partial charge < -0.3 is 5.11 Å². The molecule has 2 aromatic carbocycles. The number of aliphatic carboxylic acids is 1. The fourth-order valence-electron chi connectivity index (χ4n) is 3.62. The number of aryl methyl sites for hydroxylation is 1. The molecule has 2 atom stereocenters. The summed E-state index contributed by atoms with van der Waals surface area (Å²) in [6.45, 7) is 3.44. The summed E-state index contributed by atoms with van der Waals surface area (Å²) in [5.74, 6) is -1.07. The molecule has 0 spiro atoms. The molecule has 1 fully saturated rings. The summed E-state index contributed by atoms with van der Waals surface area (Å²) in [5.41, 5.74) is 3.28. The third-order valence-electron chi connectivity index (χ3n) is 4.91. The summed E-state index contributed by atoms with van der Waals surface area (Å²) < 4.78 is 0. The number of carboxylic acid groups (broad SMARTS) is 1. The van der Waals surface area contributed by atoms with Crippen molar-refractivity contribution >= 4 is 29.2 Å². The summed E-state index contributed by atoms with van der Waals surface area (Å²) >= 11 is 12.6. The molecular formula is C20H21Cl2NO2. The summed E-state index contributed by atoms with van der Waals surface area (Å²) in [5, 5.41) is 10.7. The van der Waals surface area contributed by atoms with Gasteiger partial charge in [-0.3, -0.25) is 9.69 Å². The zero-order valence-corrected chi connectivity index (χ0v) is 15.6. The normalized spacial score (nSPS) is 19.6. The Morgan fingerprint density at radius 1 is 1.20 bits per heavy atom. The van der Waals surface area contributed by atoms with Gasteiger partial charge in [0.25, 0.3) is 0 Å². The molecular weight excluding hydrogens is 357 g/mol. The predicted octanol–water partition coefficient (Wildman–Crippen LogP) is 5.19. The largest absolute Gasteiger partial charge is 0.481 e. The molecule has 1 aliphatic rings. The van der Waals surface area contributed by atoms with Crippen LogP contribution in [0.15, 0.2) is 42.5 Å². The lowest BCUT2D eigenvalue weighted by molar-refractivity contribution is -0.143. The van der Waals surface area contributed by atoms with E-state index in [-0.39, 0.29) is 12.0 Å². The van der Waals surface area contributed by atoms with Crippen molar-refractivity contribution < 1.29 is 9.90 Å². The number of rotatable bonds is 4. The molecule has 1 N–H and O–H groups in total. The van der Waals surface area contributed by atoms with Gasteiger partial charge in [0.15, 0.2) is 0 Å². The lowest BCUT2D eigenvalue weighted by Gasteiger charge is -2.38. The average Bonchev–Trinajstić information content (AvgIpc) is 2.59. The van der Waals surface area contributed by atoms with E-state index in [0.29, 0.717) is 16.6 Å². The zero-order valence-electron chi connectivity index (χ0n) is 14.1. The Kier molecular flexibility index (Phi) is 5.67. The van der Waals surface area contributed by atoms with Crippen molar-refractivity contribution in [3.05, 3.63) is 69.2 Å². The standard InChI is InChI=1S/C20H21Cl2NO2/c1-13-5-2-3-7-16(13)19(17-9-8-15(21)11-18(17)22)23-10-4-6-14(12-23)20(24)25/h2-3,5,7-9,11,14,19H,4,6,10,12H2,1H3,(H,24,25). The number of hydrogen-bond donors (Lipinski definition) is 1. The highest BCUT2D eigenvalue weighted by molar-refractivity contribution is 6.35. The minimum atomic E-state index is -0.726. The molecule has 0 bridgehead atoms. The van der Waals surface area contributed by atoms with Crippen molar-refractivity contribution in [3.63, 3.8) is 0 Å². The molecule has 2 aromatic rings. The Hall–Kier alpha value is -1.55. The van der Waals surface area contributed by atoms with E-state index in [4.69, 9.17) is 23.2 Å². The topological polar surface area (TPSA) is 40.5 Å². The third-order valence-corrected chi connectivity index (χ3v) is 5.47. The number of piperidine rings is 1. The van der Waals surface area contributed by atoms with Gasteiger partial charge in [-0.1, -0.05) is 53.5 Å². The van der Waals surface area contributed by atoms with Gasteiger partial charge in [0.1, 0.15) is 0 Å². The van der Waals surface area contributed by atoms with Gasteiger partial charge in [0, 0.05) is 16.6 Å². The molecule has 1 aliphatic heterocycles. The second-order valence-corrected chi connectivity index (χ2v) is 7.44. The lowest BCUT2D eigenvalue weighted by Crippen LogP contribution is -2.41. The summed E-state index contributed by atoms with van der Waals surface area (Å²) in [6, 6.07) is 13.7. The molecule has 2 unspecified atom stereocenters. The van der Waals surface area contributed by atoms with Crippen LogP contribution in [0.1, 0.15) is 35.6 Å². The molecule has 3 nitrogen and oxygen atoms in total. The fraction of sp³-hybridized carbons (Fsp3) is 0.350. The van der Waals surface area contributed by atoms with Gasteiger partial charge in [-0.05, 0) is 55.1 Å². The van der Waals surface area contributed by atoms with E-state index in [1.807, 2.05) is 24.3 Å². The van der Waals surface area contributed by atoms with Crippen LogP contribution < -0.4 is 0 Å². The second kappa shape index (κ2) is 7.77. The van der Waals surface area contributed by atoms with Crippen LogP contribution in [0.2, 0.25) is 10.0 Å². The van der Waals surface area contributed by atoms with Crippen LogP contribution in [-0.2, 0) is 4.79 Å². The monoisotopic (exact) mass is 377 g/mol. The first-order valence-electron chi connectivity index (χ1n) is 8.44. The minimum Gasteiger partial charge on any atom is -0.481 e. The summed E-state index contributed by atoms with van der Waals surface area (Å²) in [6.07, 6.45) is 1.59. The molecule has 1 heterocycles. The van der Waals surface area contributed by atoms with Gasteiger partial charge in [0.2, 0.25) is 0 Å². The molecule has 132 valence electrons. The molecule has 0 saturated carbocycles. The molecule has 1 saturated heterocycles. The van der Waals surface area contributed by atoms with E-state index < -0.39 is 5.97 Å². The van der Waals surface area contributed by atoms with Gasteiger partial charge in [-0.15, -0.1) is 0 Å². The number of likely N-dealkylation sites (tertiary alicyclic amines) is 1. The van der Waals surface area contributed by atoms with Gasteiger partial charge >= 0.3 is 5.97 Å². The molecule has 0 aliphatic carbocycles. The van der Waals surface area contributed by atoms with Crippen LogP contribution in [0, 0.1) is 12.8 Å². The molecule has 0 radical (unpaired) electrons. The number of nitrogens with zero attached hydrogens (tertiary/aromatic N) is 1. The zero-order chi connectivity index (χ0) is 18.0. The van der Waals surface area contributed by atoms with Gasteiger partial charge in [-0.2, -0.15) is 0 Å². The van der Waals surface area contributed by atoms with Crippen LogP contribution in [0.4, 0.5) is 0 Å². The van der Waals surface area contributed by atoms with Crippen molar-refractivity contribution in [3.8, 4) is 0 Å². The van der Waals surface area contributed by atoms with Gasteiger partial charge in [0.05, 0.1) is 12.0 Å². The Labute approximate surface area is 158 Å². The Bertz CT molecular complexity index is 778. The van der Waals surface area contributed by atoms with Crippen LogP contribution in [0.3, 0.4) is 0 Å². The maximum atomic E-state index is 11.5. The maximum absolute atomic E-state index is 11.5. The van der Waals surface area contributed by atoms with Crippen LogP contribution in [0.5, 0.6) is 0 Å². The quantitative estimate of drug-likeness (QED) is 0.796. The number of halogens is 2. The van der Waals surface area contributed by atoms with Crippen LogP contribution in [0.25, 0.3) is 0 Å².